The van der Waals surface area contributed by atoms with Crippen molar-refractivity contribution in [2.75, 3.05) is 13.1 Å². The zero-order valence-electron chi connectivity index (χ0n) is 14.2. The summed E-state index contributed by atoms with van der Waals surface area (Å²) in [6.45, 7) is 8.80. The number of aryl methyl sites for hydroxylation is 2. The minimum atomic E-state index is 0.161. The fourth-order valence-corrected chi connectivity index (χ4v) is 3.32. The van der Waals surface area contributed by atoms with Crippen LogP contribution in [0, 0.1) is 19.8 Å². The molecule has 0 aliphatic carbocycles. The fourth-order valence-electron chi connectivity index (χ4n) is 3.32. The summed E-state index contributed by atoms with van der Waals surface area (Å²) in [4.78, 5) is 14.6. The molecule has 122 valence electrons. The maximum Gasteiger partial charge on any atom is 0.253 e. The van der Waals surface area contributed by atoms with Crippen molar-refractivity contribution in [2.24, 2.45) is 5.92 Å². The van der Waals surface area contributed by atoms with Crippen molar-refractivity contribution in [2.45, 2.75) is 40.2 Å². The molecule has 0 saturated carbocycles. The van der Waals surface area contributed by atoms with Crippen LogP contribution >= 0.6 is 0 Å². The maximum atomic E-state index is 12.6. The third kappa shape index (κ3) is 3.63. The minimum absolute atomic E-state index is 0.161. The van der Waals surface area contributed by atoms with Gasteiger partial charge in [-0.05, 0) is 56.4 Å². The highest BCUT2D eigenvalue weighted by molar-refractivity contribution is 5.94. The second-order valence-electron chi connectivity index (χ2n) is 6.78. The molecule has 1 aromatic heterocycles. The molecule has 23 heavy (non-hydrogen) atoms. The molecule has 1 fully saturated rings. The Morgan fingerprint density at radius 1 is 1.26 bits per heavy atom. The van der Waals surface area contributed by atoms with Crippen LogP contribution in [0.2, 0.25) is 0 Å². The van der Waals surface area contributed by atoms with E-state index in [0.29, 0.717) is 5.92 Å². The zero-order valence-corrected chi connectivity index (χ0v) is 14.2. The third-order valence-corrected chi connectivity index (χ3v) is 4.58. The van der Waals surface area contributed by atoms with Crippen molar-refractivity contribution < 1.29 is 4.79 Å². The molecule has 1 unspecified atom stereocenters. The monoisotopic (exact) mass is 311 g/mol. The van der Waals surface area contributed by atoms with Crippen LogP contribution in [-0.4, -0.2) is 33.7 Å². The SMILES string of the molecule is Cc1cc(C)n(Cc2ccc(C(=O)N3CCCC(C)C3)cc2)n1. The van der Waals surface area contributed by atoms with Crippen molar-refractivity contribution in [3.63, 3.8) is 0 Å². The fraction of sp³-hybridized carbons (Fsp3) is 0.474. The Morgan fingerprint density at radius 3 is 2.61 bits per heavy atom. The second kappa shape index (κ2) is 6.57. The van der Waals surface area contributed by atoms with Gasteiger partial charge in [0.25, 0.3) is 5.91 Å². The Bertz CT molecular complexity index is 687. The summed E-state index contributed by atoms with van der Waals surface area (Å²) < 4.78 is 2.00. The minimum Gasteiger partial charge on any atom is -0.338 e. The van der Waals surface area contributed by atoms with E-state index < -0.39 is 0 Å². The number of carbonyl (C=O) groups is 1. The van der Waals surface area contributed by atoms with Crippen LogP contribution in [-0.2, 0) is 6.54 Å². The van der Waals surface area contributed by atoms with Crippen LogP contribution in [0.4, 0.5) is 0 Å². The van der Waals surface area contributed by atoms with Gasteiger partial charge >= 0.3 is 0 Å². The number of hydrogen-bond acceptors (Lipinski definition) is 2. The first-order valence-electron chi connectivity index (χ1n) is 8.42. The number of carbonyl (C=O) groups excluding carboxylic acids is 1. The lowest BCUT2D eigenvalue weighted by atomic mass is 9.99. The average Bonchev–Trinajstić information content (AvgIpc) is 2.85. The van der Waals surface area contributed by atoms with Crippen LogP contribution in [0.5, 0.6) is 0 Å². The van der Waals surface area contributed by atoms with Crippen LogP contribution in [0.3, 0.4) is 0 Å². The topological polar surface area (TPSA) is 38.1 Å². The summed E-state index contributed by atoms with van der Waals surface area (Å²) in [6.07, 6.45) is 2.34. The highest BCUT2D eigenvalue weighted by Gasteiger charge is 2.21. The molecular weight excluding hydrogens is 286 g/mol. The standard InChI is InChI=1S/C19H25N3O/c1-14-5-4-10-21(12-14)19(23)18-8-6-17(7-9-18)13-22-16(3)11-15(2)20-22/h6-9,11,14H,4-5,10,12-13H2,1-3H3. The van der Waals surface area contributed by atoms with E-state index in [-0.39, 0.29) is 5.91 Å². The molecule has 0 N–H and O–H groups in total. The Kier molecular flexibility index (Phi) is 4.51. The summed E-state index contributed by atoms with van der Waals surface area (Å²) in [5, 5.41) is 4.49. The molecular formula is C19H25N3O. The van der Waals surface area contributed by atoms with Gasteiger partial charge < -0.3 is 4.90 Å². The number of piperidine rings is 1. The van der Waals surface area contributed by atoms with Gasteiger partial charge in [-0.25, -0.2) is 0 Å². The van der Waals surface area contributed by atoms with Gasteiger partial charge in [0.15, 0.2) is 0 Å². The summed E-state index contributed by atoms with van der Waals surface area (Å²) in [6, 6.07) is 10.1. The first kappa shape index (κ1) is 15.8. The van der Waals surface area contributed by atoms with E-state index >= 15 is 0 Å². The highest BCUT2D eigenvalue weighted by atomic mass is 16.2. The Labute approximate surface area is 138 Å². The zero-order chi connectivity index (χ0) is 16.4. The number of hydrogen-bond donors (Lipinski definition) is 0. The van der Waals surface area contributed by atoms with Gasteiger partial charge in [0.05, 0.1) is 12.2 Å². The van der Waals surface area contributed by atoms with Gasteiger partial charge in [0.1, 0.15) is 0 Å². The molecule has 0 spiro atoms. The first-order valence-corrected chi connectivity index (χ1v) is 8.42. The number of nitrogens with zero attached hydrogens (tertiary/aromatic N) is 3. The molecule has 1 aliphatic heterocycles. The van der Waals surface area contributed by atoms with Gasteiger partial charge in [-0.1, -0.05) is 19.1 Å². The number of benzene rings is 1. The van der Waals surface area contributed by atoms with E-state index in [9.17, 15) is 4.79 Å². The van der Waals surface area contributed by atoms with Crippen LogP contribution < -0.4 is 0 Å². The van der Waals surface area contributed by atoms with Gasteiger partial charge in [-0.2, -0.15) is 5.10 Å². The molecule has 1 amide bonds. The molecule has 2 heterocycles. The van der Waals surface area contributed by atoms with E-state index in [0.717, 1.165) is 43.0 Å². The molecule has 1 atom stereocenters. The third-order valence-electron chi connectivity index (χ3n) is 4.58. The quantitative estimate of drug-likeness (QED) is 0.871. The Hall–Kier alpha value is -2.10. The predicted molar refractivity (Wildman–Crippen MR) is 91.5 cm³/mol. The van der Waals surface area contributed by atoms with Crippen LogP contribution in [0.1, 0.15) is 47.1 Å². The largest absolute Gasteiger partial charge is 0.338 e. The van der Waals surface area contributed by atoms with Gasteiger partial charge in [-0.3, -0.25) is 9.48 Å². The highest BCUT2D eigenvalue weighted by Crippen LogP contribution is 2.18. The van der Waals surface area contributed by atoms with Crippen molar-refractivity contribution in [1.29, 1.82) is 0 Å². The molecule has 3 rings (SSSR count). The summed E-state index contributed by atoms with van der Waals surface area (Å²) in [5.41, 5.74) is 4.15. The predicted octanol–water partition coefficient (Wildman–Crippen LogP) is 3.42. The number of amides is 1. The summed E-state index contributed by atoms with van der Waals surface area (Å²) in [5.74, 6) is 0.771. The van der Waals surface area contributed by atoms with Crippen molar-refractivity contribution in [3.8, 4) is 0 Å². The normalized spacial score (nSPS) is 18.2. The smallest absolute Gasteiger partial charge is 0.253 e. The van der Waals surface area contributed by atoms with Crippen molar-refractivity contribution in [3.05, 3.63) is 52.8 Å². The average molecular weight is 311 g/mol. The van der Waals surface area contributed by atoms with E-state index in [2.05, 4.69) is 25.0 Å². The lowest BCUT2D eigenvalue weighted by Gasteiger charge is -2.31. The molecule has 1 saturated heterocycles. The van der Waals surface area contributed by atoms with Crippen LogP contribution in [0.25, 0.3) is 0 Å². The van der Waals surface area contributed by atoms with E-state index in [1.54, 1.807) is 0 Å². The molecule has 4 heteroatoms. The second-order valence-corrected chi connectivity index (χ2v) is 6.78. The lowest BCUT2D eigenvalue weighted by Crippen LogP contribution is -2.39. The van der Waals surface area contributed by atoms with Gasteiger partial charge in [0, 0.05) is 24.3 Å². The van der Waals surface area contributed by atoms with Crippen molar-refractivity contribution >= 4 is 5.91 Å². The number of likely N-dealkylation sites (tertiary alicyclic amines) is 1. The molecule has 0 radical (unpaired) electrons. The molecule has 1 aliphatic rings. The molecule has 2 aromatic rings. The number of rotatable bonds is 3. The van der Waals surface area contributed by atoms with E-state index in [1.165, 1.54) is 12.0 Å². The lowest BCUT2D eigenvalue weighted by molar-refractivity contribution is 0.0683. The van der Waals surface area contributed by atoms with E-state index in [1.807, 2.05) is 40.8 Å². The van der Waals surface area contributed by atoms with Crippen molar-refractivity contribution in [1.82, 2.24) is 14.7 Å². The number of aromatic nitrogens is 2. The summed E-state index contributed by atoms with van der Waals surface area (Å²) >= 11 is 0. The van der Waals surface area contributed by atoms with E-state index in [4.69, 9.17) is 0 Å². The summed E-state index contributed by atoms with van der Waals surface area (Å²) in [7, 11) is 0. The Balaban J connectivity index is 1.69. The maximum absolute atomic E-state index is 12.6. The van der Waals surface area contributed by atoms with Crippen LogP contribution in [0.15, 0.2) is 30.3 Å². The Morgan fingerprint density at radius 2 is 2.00 bits per heavy atom. The molecule has 1 aromatic carbocycles. The first-order chi connectivity index (χ1) is 11.0. The van der Waals surface area contributed by atoms with Gasteiger partial charge in [0.2, 0.25) is 0 Å². The molecule has 0 bridgehead atoms. The van der Waals surface area contributed by atoms with Gasteiger partial charge in [-0.15, -0.1) is 0 Å². The molecule has 4 nitrogen and oxygen atoms in total.